The van der Waals surface area contributed by atoms with Crippen molar-refractivity contribution in [3.63, 3.8) is 0 Å². The largest absolute Gasteiger partial charge is 0.316 e. The van der Waals surface area contributed by atoms with Crippen LogP contribution in [0.15, 0.2) is 52.4 Å². The Bertz CT molecular complexity index is 1310. The Balaban J connectivity index is 1.78. The summed E-state index contributed by atoms with van der Waals surface area (Å²) in [4.78, 5) is 28.0. The van der Waals surface area contributed by atoms with Crippen molar-refractivity contribution >= 4 is 54.7 Å². The number of rotatable bonds is 9. The van der Waals surface area contributed by atoms with Crippen LogP contribution in [0.25, 0.3) is 10.2 Å². The normalized spacial score (nSPS) is 12.4. The fraction of sp³-hybridized carbons (Fsp3) is 0.333. The second-order valence-electron chi connectivity index (χ2n) is 7.18. The number of aromatic nitrogens is 1. The van der Waals surface area contributed by atoms with Gasteiger partial charge in [-0.25, -0.2) is 8.42 Å². The minimum Gasteiger partial charge on any atom is -0.316 e. The summed E-state index contributed by atoms with van der Waals surface area (Å²) in [6.07, 6.45) is 2.14. The topological polar surface area (TPSA) is 112 Å². The van der Waals surface area contributed by atoms with Gasteiger partial charge >= 0.3 is 0 Å². The van der Waals surface area contributed by atoms with Crippen LogP contribution in [0, 0.1) is 17.0 Å². The van der Waals surface area contributed by atoms with Gasteiger partial charge in [-0.2, -0.15) is 16.8 Å². The second kappa shape index (κ2) is 10.4. The summed E-state index contributed by atoms with van der Waals surface area (Å²) < 4.78 is 27.5. The van der Waals surface area contributed by atoms with Gasteiger partial charge in [-0.15, -0.1) is 0 Å². The van der Waals surface area contributed by atoms with Crippen molar-refractivity contribution in [2.24, 2.45) is 4.99 Å². The molecule has 0 N–H and O–H groups in total. The highest BCUT2D eigenvalue weighted by atomic mass is 32.2. The van der Waals surface area contributed by atoms with Crippen LogP contribution in [-0.4, -0.2) is 41.6 Å². The molecule has 0 saturated heterocycles. The molecule has 1 aromatic heterocycles. The summed E-state index contributed by atoms with van der Waals surface area (Å²) in [5.41, 5.74) is 1.74. The fourth-order valence-electron chi connectivity index (χ4n) is 3.10. The van der Waals surface area contributed by atoms with Crippen molar-refractivity contribution in [2.45, 2.75) is 31.2 Å². The molecule has 2 aromatic carbocycles. The van der Waals surface area contributed by atoms with Gasteiger partial charge in [-0.1, -0.05) is 29.0 Å². The Morgan fingerprint density at radius 1 is 1.22 bits per heavy atom. The maximum atomic E-state index is 12.5. The minimum atomic E-state index is -3.46. The van der Waals surface area contributed by atoms with Crippen molar-refractivity contribution in [1.82, 2.24) is 4.57 Å². The number of non-ortho nitro benzene ring substituents is 1. The molecule has 0 radical (unpaired) electrons. The monoisotopic (exact) mass is 493 g/mol. The third-order valence-electron chi connectivity index (χ3n) is 4.80. The zero-order chi connectivity index (χ0) is 23.3. The van der Waals surface area contributed by atoms with Gasteiger partial charge in [0.2, 0.25) is 5.91 Å². The minimum absolute atomic E-state index is 0.00200. The molecule has 32 heavy (non-hydrogen) atoms. The molecule has 3 rings (SSSR count). The van der Waals surface area contributed by atoms with E-state index in [1.165, 1.54) is 23.5 Å². The summed E-state index contributed by atoms with van der Waals surface area (Å²) in [5.74, 6) is 0.240. The van der Waals surface area contributed by atoms with E-state index in [9.17, 15) is 23.3 Å². The number of hydrogen-bond acceptors (Lipinski definition) is 7. The molecular weight excluding hydrogens is 470 g/mol. The average Bonchev–Trinajstić information content (AvgIpc) is 3.08. The van der Waals surface area contributed by atoms with Gasteiger partial charge in [0.15, 0.2) is 14.6 Å². The number of carbonyl (C=O) groups excluding carboxylic acids is 1. The molecule has 11 heteroatoms. The highest BCUT2D eigenvalue weighted by Crippen LogP contribution is 2.23. The molecule has 0 unspecified atom stereocenters. The first-order valence-corrected chi connectivity index (χ1v) is 13.7. The van der Waals surface area contributed by atoms with Crippen LogP contribution in [0.2, 0.25) is 0 Å². The van der Waals surface area contributed by atoms with Gasteiger partial charge in [0, 0.05) is 30.9 Å². The van der Waals surface area contributed by atoms with Gasteiger partial charge < -0.3 is 4.57 Å². The maximum Gasteiger partial charge on any atom is 0.270 e. The Morgan fingerprint density at radius 3 is 2.59 bits per heavy atom. The van der Waals surface area contributed by atoms with Crippen LogP contribution in [-0.2, 0) is 21.2 Å². The summed E-state index contributed by atoms with van der Waals surface area (Å²) in [6, 6.07) is 11.2. The molecule has 1 amide bonds. The van der Waals surface area contributed by atoms with Crippen LogP contribution in [0.5, 0.6) is 0 Å². The van der Waals surface area contributed by atoms with E-state index in [-0.39, 0.29) is 29.2 Å². The van der Waals surface area contributed by atoms with E-state index in [2.05, 4.69) is 4.99 Å². The molecule has 0 aliphatic carbocycles. The molecule has 0 fully saturated rings. The summed E-state index contributed by atoms with van der Waals surface area (Å²) in [6.45, 7) is 2.49. The van der Waals surface area contributed by atoms with E-state index in [0.717, 1.165) is 16.8 Å². The number of thiazole rings is 1. The zero-order valence-electron chi connectivity index (χ0n) is 17.7. The number of nitro benzene ring substituents is 1. The number of carbonyl (C=O) groups is 1. The SMILES string of the molecule is CSCCn1c(=NC(=O)CCCS(=O)(=O)c2ccc(C)cc2)sc2cc([N+](=O)[O-])ccc21. The molecule has 0 aliphatic rings. The predicted molar refractivity (Wildman–Crippen MR) is 128 cm³/mol. The Labute approximate surface area is 194 Å². The molecule has 170 valence electrons. The Kier molecular flexibility index (Phi) is 7.86. The van der Waals surface area contributed by atoms with Crippen molar-refractivity contribution in [2.75, 3.05) is 17.8 Å². The van der Waals surface area contributed by atoms with E-state index >= 15 is 0 Å². The predicted octanol–water partition coefficient (Wildman–Crippen LogP) is 3.96. The molecule has 3 aromatic rings. The van der Waals surface area contributed by atoms with Crippen molar-refractivity contribution in [3.05, 3.63) is 62.9 Å². The number of fused-ring (bicyclic) bond motifs is 1. The van der Waals surface area contributed by atoms with E-state index in [0.29, 0.717) is 16.0 Å². The average molecular weight is 494 g/mol. The number of sulfone groups is 1. The summed E-state index contributed by atoms with van der Waals surface area (Å²) >= 11 is 2.86. The van der Waals surface area contributed by atoms with Crippen molar-refractivity contribution < 1.29 is 18.1 Å². The molecule has 1 heterocycles. The number of amides is 1. The van der Waals surface area contributed by atoms with Crippen LogP contribution in [0.4, 0.5) is 5.69 Å². The Hall–Kier alpha value is -2.50. The first kappa shape index (κ1) is 24.1. The maximum absolute atomic E-state index is 12.5. The van der Waals surface area contributed by atoms with Crippen LogP contribution >= 0.6 is 23.1 Å². The molecular formula is C21H23N3O5S3. The first-order valence-electron chi connectivity index (χ1n) is 9.85. The third kappa shape index (κ3) is 5.84. The number of benzene rings is 2. The van der Waals surface area contributed by atoms with E-state index in [1.807, 2.05) is 17.7 Å². The summed E-state index contributed by atoms with van der Waals surface area (Å²) in [5, 5.41) is 11.1. The van der Waals surface area contributed by atoms with Crippen LogP contribution in [0.1, 0.15) is 18.4 Å². The molecule has 0 aliphatic heterocycles. The Morgan fingerprint density at radius 2 is 1.94 bits per heavy atom. The van der Waals surface area contributed by atoms with Crippen molar-refractivity contribution in [3.8, 4) is 0 Å². The van der Waals surface area contributed by atoms with Gasteiger partial charge in [0.25, 0.3) is 5.69 Å². The lowest BCUT2D eigenvalue weighted by Gasteiger charge is -2.04. The van der Waals surface area contributed by atoms with Gasteiger partial charge in [0.1, 0.15) is 0 Å². The highest BCUT2D eigenvalue weighted by Gasteiger charge is 2.16. The van der Waals surface area contributed by atoms with Gasteiger partial charge in [-0.05, 0) is 37.8 Å². The number of nitro groups is 1. The lowest BCUT2D eigenvalue weighted by molar-refractivity contribution is -0.384. The van der Waals surface area contributed by atoms with Gasteiger partial charge in [-0.3, -0.25) is 14.9 Å². The number of aryl methyl sites for hydroxylation is 2. The first-order chi connectivity index (χ1) is 15.2. The standard InChI is InChI=1S/C21H23N3O5S3/c1-15-5-8-17(9-6-15)32(28,29)13-3-4-20(25)22-21-23(11-12-30-2)18-10-7-16(24(26)27)14-19(18)31-21/h5-10,14H,3-4,11-13H2,1-2H3. The lowest BCUT2D eigenvalue weighted by Crippen LogP contribution is -2.18. The third-order valence-corrected chi connectivity index (χ3v) is 8.25. The van der Waals surface area contributed by atoms with E-state index in [1.54, 1.807) is 42.1 Å². The summed E-state index contributed by atoms with van der Waals surface area (Å²) in [7, 11) is -3.46. The van der Waals surface area contributed by atoms with Gasteiger partial charge in [0.05, 0.1) is 25.8 Å². The van der Waals surface area contributed by atoms with Crippen molar-refractivity contribution in [1.29, 1.82) is 0 Å². The molecule has 0 spiro atoms. The molecule has 8 nitrogen and oxygen atoms in total. The van der Waals surface area contributed by atoms with E-state index in [4.69, 9.17) is 0 Å². The highest BCUT2D eigenvalue weighted by molar-refractivity contribution is 7.98. The van der Waals surface area contributed by atoms with E-state index < -0.39 is 20.7 Å². The fourth-order valence-corrected chi connectivity index (χ4v) is 5.88. The molecule has 0 atom stereocenters. The number of hydrogen-bond donors (Lipinski definition) is 0. The molecule has 0 bridgehead atoms. The second-order valence-corrected chi connectivity index (χ2v) is 11.3. The lowest BCUT2D eigenvalue weighted by atomic mass is 10.2. The quantitative estimate of drug-likeness (QED) is 0.329. The van der Waals surface area contributed by atoms with Crippen LogP contribution in [0.3, 0.4) is 0 Å². The number of thioether (sulfide) groups is 1. The van der Waals surface area contributed by atoms with Crippen LogP contribution < -0.4 is 4.80 Å². The zero-order valence-corrected chi connectivity index (χ0v) is 20.1. The number of nitrogens with zero attached hydrogens (tertiary/aromatic N) is 3. The smallest absolute Gasteiger partial charge is 0.270 e. The molecule has 0 saturated carbocycles.